The molecule has 3 rings (SSSR count). The molecule has 1 fully saturated rings. The molecular formula is C16H11ClN2O4. The van der Waals surface area contributed by atoms with Gasteiger partial charge in [0.05, 0.1) is 5.69 Å². The molecule has 0 atom stereocenters. The minimum Gasteiger partial charge on any atom is -0.508 e. The first kappa shape index (κ1) is 14.9. The first-order valence-electron chi connectivity index (χ1n) is 6.60. The van der Waals surface area contributed by atoms with Crippen LogP contribution in [-0.4, -0.2) is 22.0 Å². The summed E-state index contributed by atoms with van der Waals surface area (Å²) in [5.41, 5.74) is 3.03. The molecule has 0 radical (unpaired) electrons. The van der Waals surface area contributed by atoms with Crippen LogP contribution >= 0.6 is 11.6 Å². The largest absolute Gasteiger partial charge is 0.508 e. The molecule has 23 heavy (non-hydrogen) atoms. The lowest BCUT2D eigenvalue weighted by Gasteiger charge is -2.14. The number of hydrogen-bond acceptors (Lipinski definition) is 4. The SMILES string of the molecule is O=C1NN(c2ccc(Cl)cc2)C(=O)/C1=C\c1ccc(O)cc1O. The van der Waals surface area contributed by atoms with Gasteiger partial charge in [0.1, 0.15) is 17.1 Å². The van der Waals surface area contributed by atoms with Crippen LogP contribution in [0.25, 0.3) is 6.08 Å². The third-order valence-corrected chi connectivity index (χ3v) is 3.54. The van der Waals surface area contributed by atoms with E-state index in [1.165, 1.54) is 18.2 Å². The van der Waals surface area contributed by atoms with Crippen LogP contribution in [0.3, 0.4) is 0 Å². The second-order valence-electron chi connectivity index (χ2n) is 4.86. The maximum absolute atomic E-state index is 12.4. The summed E-state index contributed by atoms with van der Waals surface area (Å²) in [5, 5.41) is 20.6. The van der Waals surface area contributed by atoms with E-state index in [4.69, 9.17) is 11.6 Å². The van der Waals surface area contributed by atoms with Crippen LogP contribution in [0.1, 0.15) is 5.56 Å². The Morgan fingerprint density at radius 3 is 2.39 bits per heavy atom. The van der Waals surface area contributed by atoms with Gasteiger partial charge in [-0.1, -0.05) is 11.6 Å². The summed E-state index contributed by atoms with van der Waals surface area (Å²) < 4.78 is 0. The van der Waals surface area contributed by atoms with Gasteiger partial charge in [0, 0.05) is 16.7 Å². The number of phenolic OH excluding ortho intramolecular Hbond substituents is 2. The molecule has 1 saturated heterocycles. The van der Waals surface area contributed by atoms with Crippen molar-refractivity contribution in [3.8, 4) is 11.5 Å². The number of anilines is 1. The third-order valence-electron chi connectivity index (χ3n) is 3.29. The van der Waals surface area contributed by atoms with Crippen LogP contribution in [0.5, 0.6) is 11.5 Å². The number of benzene rings is 2. The third kappa shape index (κ3) is 2.84. The van der Waals surface area contributed by atoms with E-state index in [-0.39, 0.29) is 22.6 Å². The molecule has 0 spiro atoms. The molecule has 2 aromatic rings. The standard InChI is InChI=1S/C16H11ClN2O4/c17-10-2-4-11(5-3-10)19-16(23)13(15(22)18-19)7-9-1-6-12(20)8-14(9)21/h1-8,20-21H,(H,18,22)/b13-7-. The van der Waals surface area contributed by atoms with E-state index in [0.29, 0.717) is 10.7 Å². The number of carbonyl (C=O) groups excluding carboxylic acids is 2. The number of amides is 2. The van der Waals surface area contributed by atoms with Gasteiger partial charge in [-0.3, -0.25) is 15.0 Å². The summed E-state index contributed by atoms with van der Waals surface area (Å²) in [7, 11) is 0. The number of aromatic hydroxyl groups is 2. The molecule has 7 heteroatoms. The Bertz CT molecular complexity index is 830. The zero-order valence-electron chi connectivity index (χ0n) is 11.7. The molecule has 0 unspecified atom stereocenters. The van der Waals surface area contributed by atoms with Gasteiger partial charge in [0.25, 0.3) is 11.8 Å². The van der Waals surface area contributed by atoms with Crippen molar-refractivity contribution in [2.24, 2.45) is 0 Å². The first-order valence-corrected chi connectivity index (χ1v) is 6.98. The monoisotopic (exact) mass is 330 g/mol. The molecule has 0 aliphatic carbocycles. The summed E-state index contributed by atoms with van der Waals surface area (Å²) in [5.74, 6) is -1.49. The van der Waals surface area contributed by atoms with Crippen molar-refractivity contribution in [1.29, 1.82) is 0 Å². The summed E-state index contributed by atoms with van der Waals surface area (Å²) in [6.45, 7) is 0. The molecule has 0 aromatic heterocycles. The predicted molar refractivity (Wildman–Crippen MR) is 84.8 cm³/mol. The zero-order chi connectivity index (χ0) is 16.6. The normalized spacial score (nSPS) is 16.0. The Morgan fingerprint density at radius 2 is 1.74 bits per heavy atom. The molecular weight excluding hydrogens is 320 g/mol. The van der Waals surface area contributed by atoms with E-state index in [0.717, 1.165) is 11.1 Å². The molecule has 1 aliphatic rings. The zero-order valence-corrected chi connectivity index (χ0v) is 12.4. The Hall–Kier alpha value is -2.99. The van der Waals surface area contributed by atoms with Gasteiger partial charge in [-0.25, -0.2) is 5.01 Å². The lowest BCUT2D eigenvalue weighted by Crippen LogP contribution is -2.35. The maximum Gasteiger partial charge on any atom is 0.282 e. The molecule has 0 saturated carbocycles. The molecule has 0 bridgehead atoms. The van der Waals surface area contributed by atoms with Crippen molar-refractivity contribution in [1.82, 2.24) is 5.43 Å². The number of phenols is 2. The van der Waals surface area contributed by atoms with Crippen LogP contribution in [0, 0.1) is 0 Å². The fraction of sp³-hybridized carbons (Fsp3) is 0. The molecule has 1 heterocycles. The Morgan fingerprint density at radius 1 is 1.04 bits per heavy atom. The van der Waals surface area contributed by atoms with Crippen LogP contribution in [0.4, 0.5) is 5.69 Å². The summed E-state index contributed by atoms with van der Waals surface area (Å²) in [6, 6.07) is 10.3. The van der Waals surface area contributed by atoms with Gasteiger partial charge in [0.15, 0.2) is 0 Å². The molecule has 2 aromatic carbocycles. The van der Waals surface area contributed by atoms with Gasteiger partial charge in [-0.15, -0.1) is 0 Å². The second-order valence-corrected chi connectivity index (χ2v) is 5.30. The van der Waals surface area contributed by atoms with Gasteiger partial charge in [-0.2, -0.15) is 0 Å². The van der Waals surface area contributed by atoms with Gasteiger partial charge >= 0.3 is 0 Å². The second kappa shape index (κ2) is 5.66. The highest BCUT2D eigenvalue weighted by Gasteiger charge is 2.34. The number of carbonyl (C=O) groups is 2. The van der Waals surface area contributed by atoms with Crippen molar-refractivity contribution in [3.05, 3.63) is 58.6 Å². The van der Waals surface area contributed by atoms with E-state index in [1.807, 2.05) is 0 Å². The quantitative estimate of drug-likeness (QED) is 0.581. The molecule has 2 amide bonds. The lowest BCUT2D eigenvalue weighted by atomic mass is 10.1. The van der Waals surface area contributed by atoms with Crippen LogP contribution in [-0.2, 0) is 9.59 Å². The Labute approximate surface area is 136 Å². The average molecular weight is 331 g/mol. The summed E-state index contributed by atoms with van der Waals surface area (Å²) in [6.07, 6.45) is 1.27. The van der Waals surface area contributed by atoms with E-state index in [2.05, 4.69) is 5.43 Å². The van der Waals surface area contributed by atoms with Gasteiger partial charge in [-0.05, 0) is 42.5 Å². The highest BCUT2D eigenvalue weighted by molar-refractivity contribution is 6.32. The average Bonchev–Trinajstić information content (AvgIpc) is 2.78. The predicted octanol–water partition coefficient (Wildman–Crippen LogP) is 2.21. The van der Waals surface area contributed by atoms with Gasteiger partial charge < -0.3 is 10.2 Å². The van der Waals surface area contributed by atoms with E-state index in [9.17, 15) is 19.8 Å². The number of nitrogens with one attached hydrogen (secondary N) is 1. The molecule has 3 N–H and O–H groups in total. The maximum atomic E-state index is 12.4. The Kier molecular flexibility index (Phi) is 3.67. The summed E-state index contributed by atoms with van der Waals surface area (Å²) >= 11 is 5.80. The smallest absolute Gasteiger partial charge is 0.282 e. The van der Waals surface area contributed by atoms with Crippen molar-refractivity contribution < 1.29 is 19.8 Å². The van der Waals surface area contributed by atoms with Crippen molar-refractivity contribution in [3.63, 3.8) is 0 Å². The van der Waals surface area contributed by atoms with Gasteiger partial charge in [0.2, 0.25) is 0 Å². The minimum atomic E-state index is -0.586. The minimum absolute atomic E-state index is 0.116. The van der Waals surface area contributed by atoms with Crippen molar-refractivity contribution in [2.75, 3.05) is 5.01 Å². The number of hydrazine groups is 1. The fourth-order valence-electron chi connectivity index (χ4n) is 2.14. The molecule has 116 valence electrons. The lowest BCUT2D eigenvalue weighted by molar-refractivity contribution is -0.117. The highest BCUT2D eigenvalue weighted by atomic mass is 35.5. The number of halogens is 1. The molecule has 1 aliphatic heterocycles. The molecule has 6 nitrogen and oxygen atoms in total. The van der Waals surface area contributed by atoms with Crippen LogP contribution in [0.2, 0.25) is 5.02 Å². The van der Waals surface area contributed by atoms with Crippen LogP contribution in [0.15, 0.2) is 48.0 Å². The first-order chi connectivity index (χ1) is 11.0. The number of nitrogens with zero attached hydrogens (tertiary/aromatic N) is 1. The Balaban J connectivity index is 1.95. The summed E-state index contributed by atoms with van der Waals surface area (Å²) in [4.78, 5) is 24.4. The van der Waals surface area contributed by atoms with E-state index in [1.54, 1.807) is 24.3 Å². The highest BCUT2D eigenvalue weighted by Crippen LogP contribution is 2.27. The van der Waals surface area contributed by atoms with Crippen molar-refractivity contribution >= 4 is 35.2 Å². The topological polar surface area (TPSA) is 89.9 Å². The number of hydrogen-bond donors (Lipinski definition) is 3. The van der Waals surface area contributed by atoms with Crippen molar-refractivity contribution in [2.45, 2.75) is 0 Å². The van der Waals surface area contributed by atoms with E-state index < -0.39 is 11.8 Å². The number of rotatable bonds is 2. The van der Waals surface area contributed by atoms with Crippen LogP contribution < -0.4 is 10.4 Å². The fourth-order valence-corrected chi connectivity index (χ4v) is 2.26. The van der Waals surface area contributed by atoms with E-state index >= 15 is 0 Å².